The molecule has 1 aliphatic rings. The number of aromatic nitrogens is 2. The highest BCUT2D eigenvalue weighted by molar-refractivity contribution is 9.10. The van der Waals surface area contributed by atoms with Crippen LogP contribution in [0.15, 0.2) is 53.3 Å². The number of rotatable bonds is 6. The van der Waals surface area contributed by atoms with Gasteiger partial charge in [0.25, 0.3) is 0 Å². The molecule has 0 spiro atoms. The molecule has 7 nitrogen and oxygen atoms in total. The lowest BCUT2D eigenvalue weighted by Crippen LogP contribution is -2.29. The standard InChI is InChI=1S/C19H14BrF3N4O3S.C7H6Cl2/c20-10-5-12-13(8-26(9-28)19(12)24-6-10)18(29)16-14(22)1-2-15(17(16)23)25-31(30)27-4-3-11(21)7-27;1-5-6(8)3-2-4-7(5)9/h1-2,5-6,8-9,11,25H,3-4,7H2;2-4H,1H3. The topological polar surface area (TPSA) is 84.3 Å². The van der Waals surface area contributed by atoms with Crippen LogP contribution in [-0.2, 0) is 16.0 Å². The summed E-state index contributed by atoms with van der Waals surface area (Å²) in [6.07, 6.45) is 2.04. The maximum atomic E-state index is 15.1. The van der Waals surface area contributed by atoms with Crippen molar-refractivity contribution >= 4 is 79.2 Å². The Morgan fingerprint density at radius 3 is 2.52 bits per heavy atom. The monoisotopic (exact) mass is 674 g/mol. The number of halogens is 6. The third-order valence-corrected chi connectivity index (χ3v) is 8.49. The average Bonchev–Trinajstić information content (AvgIpc) is 3.52. The van der Waals surface area contributed by atoms with E-state index in [1.54, 1.807) is 0 Å². The summed E-state index contributed by atoms with van der Waals surface area (Å²) in [5, 5.41) is 1.67. The smallest absolute Gasteiger partial charge is 0.219 e. The van der Waals surface area contributed by atoms with Crippen LogP contribution in [0.4, 0.5) is 18.9 Å². The number of alkyl halides is 1. The Morgan fingerprint density at radius 2 is 1.93 bits per heavy atom. The Kier molecular flexibility index (Phi) is 9.68. The molecule has 40 heavy (non-hydrogen) atoms. The van der Waals surface area contributed by atoms with E-state index in [0.717, 1.165) is 38.5 Å². The SMILES string of the molecule is Cc1c(Cl)cccc1Cl.O=Cn1cc(C(=O)c2c(F)ccc(NS(=O)N3CCC(F)C3)c2F)c2cc(Br)cnc21. The first-order valence-corrected chi connectivity index (χ1v) is 14.3. The summed E-state index contributed by atoms with van der Waals surface area (Å²) in [6, 6.07) is 8.85. The van der Waals surface area contributed by atoms with Crippen molar-refractivity contribution in [3.63, 3.8) is 0 Å². The molecule has 5 rings (SSSR count). The van der Waals surface area contributed by atoms with Gasteiger partial charge < -0.3 is 0 Å². The third-order valence-electron chi connectivity index (χ3n) is 6.04. The fourth-order valence-corrected chi connectivity index (χ4v) is 5.69. The van der Waals surface area contributed by atoms with Gasteiger partial charge >= 0.3 is 0 Å². The minimum absolute atomic E-state index is 0.0821. The number of nitrogens with zero attached hydrogens (tertiary/aromatic N) is 3. The van der Waals surface area contributed by atoms with Gasteiger partial charge in [-0.15, -0.1) is 0 Å². The van der Waals surface area contributed by atoms with Crippen molar-refractivity contribution in [2.24, 2.45) is 0 Å². The molecular formula is C26H20BrCl2F3N4O3S. The normalized spacial score (nSPS) is 15.9. The van der Waals surface area contributed by atoms with Crippen molar-refractivity contribution in [3.05, 3.63) is 91.6 Å². The Bertz CT molecular complexity index is 1620. The molecule has 1 fully saturated rings. The van der Waals surface area contributed by atoms with E-state index in [1.165, 1.54) is 16.6 Å². The number of benzene rings is 2. The van der Waals surface area contributed by atoms with Crippen molar-refractivity contribution in [2.75, 3.05) is 17.8 Å². The summed E-state index contributed by atoms with van der Waals surface area (Å²) in [7, 11) is 0. The minimum Gasteiger partial charge on any atom is -0.289 e. The lowest BCUT2D eigenvalue weighted by molar-refractivity contribution is 0.103. The number of fused-ring (bicyclic) bond motifs is 1. The predicted octanol–water partition coefficient (Wildman–Crippen LogP) is 6.68. The van der Waals surface area contributed by atoms with E-state index >= 15 is 4.39 Å². The first-order chi connectivity index (χ1) is 19.0. The highest BCUT2D eigenvalue weighted by Crippen LogP contribution is 2.29. The van der Waals surface area contributed by atoms with Gasteiger partial charge in [-0.05, 0) is 65.2 Å². The van der Waals surface area contributed by atoms with Gasteiger partial charge in [0, 0.05) is 45.4 Å². The molecule has 3 heterocycles. The number of nitrogens with one attached hydrogen (secondary N) is 1. The molecule has 1 N–H and O–H groups in total. The number of anilines is 1. The van der Waals surface area contributed by atoms with Crippen LogP contribution in [0.5, 0.6) is 0 Å². The average molecular weight is 676 g/mol. The van der Waals surface area contributed by atoms with Crippen molar-refractivity contribution in [1.82, 2.24) is 13.9 Å². The summed E-state index contributed by atoms with van der Waals surface area (Å²) >= 11 is 12.7. The Balaban J connectivity index is 0.000000350. The van der Waals surface area contributed by atoms with Crippen LogP contribution in [0.25, 0.3) is 11.0 Å². The second kappa shape index (κ2) is 12.8. The molecule has 210 valence electrons. The van der Waals surface area contributed by atoms with Gasteiger partial charge in [-0.25, -0.2) is 26.7 Å². The van der Waals surface area contributed by atoms with Gasteiger partial charge in [-0.1, -0.05) is 29.3 Å². The molecule has 2 atom stereocenters. The molecule has 4 aromatic rings. The molecule has 0 saturated carbocycles. The fourth-order valence-electron chi connectivity index (χ4n) is 3.92. The first-order valence-electron chi connectivity index (χ1n) is 11.6. The number of hydrogen-bond donors (Lipinski definition) is 1. The van der Waals surface area contributed by atoms with Crippen LogP contribution in [0.3, 0.4) is 0 Å². The zero-order valence-corrected chi connectivity index (χ0v) is 24.6. The van der Waals surface area contributed by atoms with E-state index < -0.39 is 40.3 Å². The van der Waals surface area contributed by atoms with Gasteiger partial charge in [-0.3, -0.25) is 18.9 Å². The largest absolute Gasteiger partial charge is 0.289 e. The van der Waals surface area contributed by atoms with E-state index in [9.17, 15) is 22.6 Å². The highest BCUT2D eigenvalue weighted by Gasteiger charge is 2.29. The van der Waals surface area contributed by atoms with E-state index in [2.05, 4.69) is 25.6 Å². The zero-order chi connectivity index (χ0) is 29.1. The summed E-state index contributed by atoms with van der Waals surface area (Å²) in [6.45, 7) is 2.02. The maximum absolute atomic E-state index is 15.1. The lowest BCUT2D eigenvalue weighted by atomic mass is 10.0. The molecule has 0 amide bonds. The van der Waals surface area contributed by atoms with Crippen molar-refractivity contribution in [2.45, 2.75) is 19.5 Å². The van der Waals surface area contributed by atoms with Gasteiger partial charge in [-0.2, -0.15) is 0 Å². The van der Waals surface area contributed by atoms with Crippen LogP contribution >= 0.6 is 39.1 Å². The van der Waals surface area contributed by atoms with Gasteiger partial charge in [0.05, 0.1) is 16.8 Å². The summed E-state index contributed by atoms with van der Waals surface area (Å²) in [5.74, 6) is -3.39. The van der Waals surface area contributed by atoms with Gasteiger partial charge in [0.15, 0.2) is 17.0 Å². The van der Waals surface area contributed by atoms with E-state index in [4.69, 9.17) is 23.2 Å². The minimum atomic E-state index is -1.97. The van der Waals surface area contributed by atoms with Crippen LogP contribution < -0.4 is 4.72 Å². The highest BCUT2D eigenvalue weighted by atomic mass is 79.9. The summed E-state index contributed by atoms with van der Waals surface area (Å²) in [5.41, 5.74) is -0.291. The first kappa shape index (κ1) is 30.2. The van der Waals surface area contributed by atoms with Crippen molar-refractivity contribution < 1.29 is 27.0 Å². The molecule has 2 unspecified atom stereocenters. The second-order valence-corrected chi connectivity index (χ2v) is 11.6. The molecule has 2 aromatic carbocycles. The Hall–Kier alpha value is -2.77. The van der Waals surface area contributed by atoms with Gasteiger partial charge in [0.2, 0.25) is 12.2 Å². The molecule has 1 aliphatic heterocycles. The number of hydrogen-bond acceptors (Lipinski definition) is 4. The number of carbonyl (C=O) groups is 2. The molecule has 0 bridgehead atoms. The quantitative estimate of drug-likeness (QED) is 0.183. The lowest BCUT2D eigenvalue weighted by Gasteiger charge is -2.16. The van der Waals surface area contributed by atoms with E-state index in [-0.39, 0.29) is 41.8 Å². The van der Waals surface area contributed by atoms with E-state index in [1.807, 2.05) is 25.1 Å². The fraction of sp³-hybridized carbons (Fsp3) is 0.192. The molecule has 14 heteroatoms. The van der Waals surface area contributed by atoms with Crippen LogP contribution in [-0.4, -0.2) is 49.5 Å². The van der Waals surface area contributed by atoms with E-state index in [0.29, 0.717) is 10.9 Å². The van der Waals surface area contributed by atoms with Crippen LogP contribution in [0.1, 0.15) is 27.9 Å². The molecule has 1 saturated heterocycles. The molecule has 0 radical (unpaired) electrons. The third kappa shape index (κ3) is 6.41. The van der Waals surface area contributed by atoms with Crippen molar-refractivity contribution in [1.29, 1.82) is 0 Å². The van der Waals surface area contributed by atoms with Crippen molar-refractivity contribution in [3.8, 4) is 0 Å². The Morgan fingerprint density at radius 1 is 1.23 bits per heavy atom. The number of pyridine rings is 1. The van der Waals surface area contributed by atoms with Gasteiger partial charge in [0.1, 0.15) is 17.6 Å². The summed E-state index contributed by atoms with van der Waals surface area (Å²) < 4.78 is 60.5. The van der Waals surface area contributed by atoms with Crippen LogP contribution in [0.2, 0.25) is 10.0 Å². The number of ketones is 1. The number of carbonyl (C=O) groups excluding carboxylic acids is 2. The molecule has 0 aliphatic carbocycles. The predicted molar refractivity (Wildman–Crippen MR) is 153 cm³/mol. The zero-order valence-electron chi connectivity index (χ0n) is 20.6. The Labute approximate surface area is 248 Å². The summed E-state index contributed by atoms with van der Waals surface area (Å²) in [4.78, 5) is 28.4. The molecular weight excluding hydrogens is 656 g/mol. The maximum Gasteiger partial charge on any atom is 0.219 e. The van der Waals surface area contributed by atoms with Crippen LogP contribution in [0, 0.1) is 18.6 Å². The molecule has 2 aromatic heterocycles. The second-order valence-electron chi connectivity index (χ2n) is 8.67.